The third kappa shape index (κ3) is 4.13. The molecule has 2 N–H and O–H groups in total. The second-order valence-corrected chi connectivity index (χ2v) is 6.68. The molecule has 0 amide bonds. The van der Waals surface area contributed by atoms with Crippen LogP contribution in [0.1, 0.15) is 12.5 Å². The van der Waals surface area contributed by atoms with Crippen molar-refractivity contribution in [3.63, 3.8) is 0 Å². The van der Waals surface area contributed by atoms with E-state index in [9.17, 15) is 17.9 Å². The molecule has 0 radical (unpaired) electrons. The molecule has 0 fully saturated rings. The van der Waals surface area contributed by atoms with Crippen molar-refractivity contribution in [3.05, 3.63) is 52.8 Å². The maximum absolute atomic E-state index is 13.8. The molecule has 2 rings (SSSR count). The predicted molar refractivity (Wildman–Crippen MR) is 85.8 cm³/mol. The Labute approximate surface area is 138 Å². The Hall–Kier alpha value is -1.83. The highest BCUT2D eigenvalue weighted by Gasteiger charge is 2.20. The molecule has 0 saturated carbocycles. The molecule has 0 atom stereocenters. The van der Waals surface area contributed by atoms with Gasteiger partial charge in [0.1, 0.15) is 16.5 Å². The van der Waals surface area contributed by atoms with Crippen LogP contribution in [0.15, 0.2) is 41.3 Å². The molecule has 0 unspecified atom stereocenters. The predicted octanol–water partition coefficient (Wildman–Crippen LogP) is 3.17. The van der Waals surface area contributed by atoms with Crippen LogP contribution in [0.4, 0.5) is 10.1 Å². The summed E-state index contributed by atoms with van der Waals surface area (Å²) in [6.07, 6.45) is 0. The maximum Gasteiger partial charge on any atom is 0.264 e. The fourth-order valence-corrected chi connectivity index (χ4v) is 3.23. The minimum absolute atomic E-state index is 0.102. The highest BCUT2D eigenvalue weighted by atomic mass is 35.5. The first-order valence-corrected chi connectivity index (χ1v) is 8.58. The fourth-order valence-electron chi connectivity index (χ4n) is 1.97. The van der Waals surface area contributed by atoms with E-state index in [1.165, 1.54) is 24.3 Å². The molecule has 0 saturated heterocycles. The first-order chi connectivity index (χ1) is 10.9. The number of hydrogen-bond donors (Lipinski definition) is 2. The maximum atomic E-state index is 13.8. The van der Waals surface area contributed by atoms with E-state index >= 15 is 0 Å². The lowest BCUT2D eigenvalue weighted by molar-refractivity contribution is 0.267. The Morgan fingerprint density at radius 1 is 1.26 bits per heavy atom. The molecule has 23 heavy (non-hydrogen) atoms. The summed E-state index contributed by atoms with van der Waals surface area (Å²) in [6.45, 7) is 1.88. The van der Waals surface area contributed by atoms with Gasteiger partial charge in [-0.2, -0.15) is 0 Å². The summed E-state index contributed by atoms with van der Waals surface area (Å²) in [5.41, 5.74) is 0.607. The van der Waals surface area contributed by atoms with E-state index in [0.717, 1.165) is 12.1 Å². The Balaban J connectivity index is 2.33. The third-order valence-electron chi connectivity index (χ3n) is 2.97. The van der Waals surface area contributed by atoms with Gasteiger partial charge in [0.15, 0.2) is 0 Å². The lowest BCUT2D eigenvalue weighted by atomic mass is 10.2. The Bertz CT molecular complexity index is 811. The minimum atomic E-state index is -4.12. The monoisotopic (exact) mass is 359 g/mol. The smallest absolute Gasteiger partial charge is 0.264 e. The zero-order valence-electron chi connectivity index (χ0n) is 12.2. The van der Waals surface area contributed by atoms with E-state index in [4.69, 9.17) is 16.3 Å². The molecule has 0 aliphatic rings. The van der Waals surface area contributed by atoms with Crippen LogP contribution in [0, 0.1) is 5.82 Å². The second kappa shape index (κ2) is 7.16. The number of aliphatic hydroxyl groups excluding tert-OH is 1. The van der Waals surface area contributed by atoms with Crippen LogP contribution < -0.4 is 9.46 Å². The number of ether oxygens (including phenoxy) is 1. The minimum Gasteiger partial charge on any atom is -0.494 e. The number of sulfonamides is 1. The van der Waals surface area contributed by atoms with Gasteiger partial charge in [-0.05, 0) is 43.3 Å². The van der Waals surface area contributed by atoms with Crippen molar-refractivity contribution in [3.8, 4) is 5.75 Å². The Morgan fingerprint density at radius 3 is 2.61 bits per heavy atom. The molecular formula is C15H15ClFNO4S. The van der Waals surface area contributed by atoms with E-state index < -0.39 is 20.7 Å². The molecule has 124 valence electrons. The highest BCUT2D eigenvalue weighted by Crippen LogP contribution is 2.26. The van der Waals surface area contributed by atoms with Gasteiger partial charge in [-0.1, -0.05) is 11.6 Å². The molecule has 5 nitrogen and oxygen atoms in total. The van der Waals surface area contributed by atoms with E-state index in [2.05, 4.69) is 4.72 Å². The van der Waals surface area contributed by atoms with Crippen molar-refractivity contribution in [1.29, 1.82) is 0 Å². The van der Waals surface area contributed by atoms with Crippen molar-refractivity contribution in [1.82, 2.24) is 0 Å². The number of nitrogens with one attached hydrogen (secondary N) is 1. The quantitative estimate of drug-likeness (QED) is 0.830. The normalized spacial score (nSPS) is 11.3. The summed E-state index contributed by atoms with van der Waals surface area (Å²) in [4.78, 5) is -0.513. The molecule has 0 heterocycles. The Morgan fingerprint density at radius 2 is 2.00 bits per heavy atom. The van der Waals surface area contributed by atoms with Crippen molar-refractivity contribution < 1.29 is 22.7 Å². The van der Waals surface area contributed by atoms with Crippen molar-refractivity contribution in [2.24, 2.45) is 0 Å². The Kier molecular flexibility index (Phi) is 5.46. The van der Waals surface area contributed by atoms with Gasteiger partial charge in [-0.3, -0.25) is 4.72 Å². The lowest BCUT2D eigenvalue weighted by Crippen LogP contribution is -2.15. The van der Waals surface area contributed by atoms with Crippen molar-refractivity contribution in [2.45, 2.75) is 18.4 Å². The van der Waals surface area contributed by atoms with Crippen LogP contribution in [0.2, 0.25) is 5.02 Å². The summed E-state index contributed by atoms with van der Waals surface area (Å²) < 4.78 is 45.9. The molecule has 0 aliphatic carbocycles. The van der Waals surface area contributed by atoms with Crippen LogP contribution in [-0.4, -0.2) is 20.1 Å². The number of hydrogen-bond acceptors (Lipinski definition) is 4. The molecular weight excluding hydrogens is 345 g/mol. The average Bonchev–Trinajstić information content (AvgIpc) is 2.48. The van der Waals surface area contributed by atoms with E-state index in [0.29, 0.717) is 17.9 Å². The number of halogens is 2. The molecule has 0 spiro atoms. The van der Waals surface area contributed by atoms with Gasteiger partial charge >= 0.3 is 0 Å². The third-order valence-corrected chi connectivity index (χ3v) is 4.62. The molecule has 2 aromatic rings. The summed E-state index contributed by atoms with van der Waals surface area (Å²) >= 11 is 5.62. The largest absolute Gasteiger partial charge is 0.494 e. The number of rotatable bonds is 6. The van der Waals surface area contributed by atoms with Crippen LogP contribution >= 0.6 is 11.6 Å². The standard InChI is InChI=1S/C15H15ClFNO4S/c1-2-22-14-5-4-12(7-10(14)9-19)18-23(20,21)15-6-3-11(16)8-13(15)17/h3-8,18-19H,2,9H2,1H3. The first-order valence-electron chi connectivity index (χ1n) is 6.72. The van der Waals surface area contributed by atoms with Gasteiger partial charge in [0, 0.05) is 16.3 Å². The van der Waals surface area contributed by atoms with Gasteiger partial charge in [-0.15, -0.1) is 0 Å². The number of aliphatic hydroxyl groups is 1. The fraction of sp³-hybridized carbons (Fsp3) is 0.200. The number of benzene rings is 2. The van der Waals surface area contributed by atoms with E-state index in [-0.39, 0.29) is 17.3 Å². The lowest BCUT2D eigenvalue weighted by Gasteiger charge is -2.13. The van der Waals surface area contributed by atoms with E-state index in [1.54, 1.807) is 6.92 Å². The van der Waals surface area contributed by atoms with E-state index in [1.807, 2.05) is 0 Å². The zero-order chi connectivity index (χ0) is 17.0. The molecule has 0 bridgehead atoms. The van der Waals surface area contributed by atoms with Crippen LogP contribution in [0.5, 0.6) is 5.75 Å². The average molecular weight is 360 g/mol. The van der Waals surface area contributed by atoms with Crippen LogP contribution in [0.3, 0.4) is 0 Å². The van der Waals surface area contributed by atoms with Gasteiger partial charge in [-0.25, -0.2) is 12.8 Å². The summed E-state index contributed by atoms with van der Waals surface area (Å²) in [6, 6.07) is 7.72. The van der Waals surface area contributed by atoms with Gasteiger partial charge in [0.2, 0.25) is 0 Å². The van der Waals surface area contributed by atoms with Gasteiger partial charge in [0.05, 0.1) is 13.2 Å². The SMILES string of the molecule is CCOc1ccc(NS(=O)(=O)c2ccc(Cl)cc2F)cc1CO. The number of anilines is 1. The zero-order valence-corrected chi connectivity index (χ0v) is 13.8. The molecule has 0 aromatic heterocycles. The first kappa shape index (κ1) is 17.5. The summed E-state index contributed by atoms with van der Waals surface area (Å²) in [5.74, 6) is -0.492. The highest BCUT2D eigenvalue weighted by molar-refractivity contribution is 7.92. The second-order valence-electron chi connectivity index (χ2n) is 4.59. The summed E-state index contributed by atoms with van der Waals surface area (Å²) in [7, 11) is -4.12. The van der Waals surface area contributed by atoms with Crippen molar-refractivity contribution in [2.75, 3.05) is 11.3 Å². The molecule has 8 heteroatoms. The van der Waals surface area contributed by atoms with Gasteiger partial charge in [0.25, 0.3) is 10.0 Å². The molecule has 0 aliphatic heterocycles. The summed E-state index contributed by atoms with van der Waals surface area (Å²) in [5, 5.41) is 9.43. The topological polar surface area (TPSA) is 75.6 Å². The molecule has 2 aromatic carbocycles. The van der Waals surface area contributed by atoms with Crippen molar-refractivity contribution >= 4 is 27.3 Å². The van der Waals surface area contributed by atoms with Gasteiger partial charge < -0.3 is 9.84 Å². The van der Waals surface area contributed by atoms with Crippen LogP contribution in [0.25, 0.3) is 0 Å². The van der Waals surface area contributed by atoms with Crippen LogP contribution in [-0.2, 0) is 16.6 Å².